The third-order valence-electron chi connectivity index (χ3n) is 6.38. The largest absolute Gasteiger partial charge is 0.493 e. The molecular formula is C28H29ClN2O4. The molecule has 1 saturated carbocycles. The Labute approximate surface area is 210 Å². The summed E-state index contributed by atoms with van der Waals surface area (Å²) in [6.45, 7) is 0.0574. The highest BCUT2D eigenvalue weighted by Crippen LogP contribution is 2.38. The number of methoxy groups -OCH3 is 1. The number of benzene rings is 3. The molecule has 1 aliphatic carbocycles. The Morgan fingerprint density at radius 3 is 2.20 bits per heavy atom. The third-order valence-corrected chi connectivity index (χ3v) is 6.63. The van der Waals surface area contributed by atoms with Crippen molar-refractivity contribution >= 4 is 29.1 Å². The molecule has 0 atom stereocenters. The van der Waals surface area contributed by atoms with Crippen LogP contribution in [0.25, 0.3) is 0 Å². The first-order valence-electron chi connectivity index (χ1n) is 11.7. The Morgan fingerprint density at radius 2 is 1.54 bits per heavy atom. The maximum Gasteiger partial charge on any atom is 0.261 e. The summed E-state index contributed by atoms with van der Waals surface area (Å²) in [5.74, 6) is 0.572. The molecule has 0 aromatic heterocycles. The minimum Gasteiger partial charge on any atom is -0.493 e. The van der Waals surface area contributed by atoms with E-state index in [1.54, 1.807) is 36.3 Å². The molecule has 35 heavy (non-hydrogen) atoms. The van der Waals surface area contributed by atoms with Gasteiger partial charge in [-0.2, -0.15) is 0 Å². The number of rotatable bonds is 9. The monoisotopic (exact) mass is 492 g/mol. The average molecular weight is 493 g/mol. The number of para-hydroxylation sites is 3. The molecule has 2 amide bonds. The van der Waals surface area contributed by atoms with Gasteiger partial charge in [0.2, 0.25) is 5.91 Å². The van der Waals surface area contributed by atoms with E-state index in [9.17, 15) is 9.59 Å². The fraction of sp³-hybridized carbons (Fsp3) is 0.286. The molecule has 0 saturated heterocycles. The van der Waals surface area contributed by atoms with Crippen LogP contribution in [0.2, 0.25) is 5.02 Å². The molecule has 0 spiro atoms. The van der Waals surface area contributed by atoms with Crippen molar-refractivity contribution in [1.82, 2.24) is 4.90 Å². The van der Waals surface area contributed by atoms with Gasteiger partial charge in [-0.3, -0.25) is 9.59 Å². The second kappa shape index (κ2) is 11.3. The maximum absolute atomic E-state index is 13.7. The molecule has 1 N–H and O–H groups in total. The van der Waals surface area contributed by atoms with Crippen molar-refractivity contribution in [2.45, 2.75) is 37.8 Å². The van der Waals surface area contributed by atoms with E-state index in [-0.39, 0.29) is 25.0 Å². The van der Waals surface area contributed by atoms with Crippen molar-refractivity contribution in [3.8, 4) is 11.5 Å². The summed E-state index contributed by atoms with van der Waals surface area (Å²) in [4.78, 5) is 29.1. The first kappa shape index (κ1) is 24.6. The molecule has 1 fully saturated rings. The maximum atomic E-state index is 13.7. The van der Waals surface area contributed by atoms with Crippen LogP contribution in [-0.4, -0.2) is 36.0 Å². The van der Waals surface area contributed by atoms with E-state index >= 15 is 0 Å². The number of hydrogen-bond donors (Lipinski definition) is 1. The first-order valence-corrected chi connectivity index (χ1v) is 12.1. The number of nitrogens with zero attached hydrogens (tertiary/aromatic N) is 1. The molecule has 0 aliphatic heterocycles. The summed E-state index contributed by atoms with van der Waals surface area (Å²) in [5.41, 5.74) is 0.614. The van der Waals surface area contributed by atoms with E-state index < -0.39 is 5.54 Å². The number of nitrogens with one attached hydrogen (secondary N) is 1. The number of anilines is 1. The number of amides is 2. The topological polar surface area (TPSA) is 67.9 Å². The highest BCUT2D eigenvalue weighted by atomic mass is 35.5. The lowest BCUT2D eigenvalue weighted by Crippen LogP contribution is -2.58. The molecule has 182 valence electrons. The summed E-state index contributed by atoms with van der Waals surface area (Å²) in [6, 6.07) is 23.8. The van der Waals surface area contributed by atoms with Gasteiger partial charge in [-0.05, 0) is 54.8 Å². The van der Waals surface area contributed by atoms with Gasteiger partial charge < -0.3 is 19.7 Å². The van der Waals surface area contributed by atoms with E-state index in [0.717, 1.165) is 18.4 Å². The van der Waals surface area contributed by atoms with Gasteiger partial charge >= 0.3 is 0 Å². The van der Waals surface area contributed by atoms with Crippen LogP contribution in [0.3, 0.4) is 0 Å². The molecule has 1 aliphatic rings. The van der Waals surface area contributed by atoms with Gasteiger partial charge in [-0.15, -0.1) is 0 Å². The SMILES string of the molecule is COc1ccccc1OCC(=O)N(Cc1ccc(Cl)cc1)C1(C(=O)Nc2ccccc2)CCCC1. The fourth-order valence-electron chi connectivity index (χ4n) is 4.55. The van der Waals surface area contributed by atoms with Crippen LogP contribution < -0.4 is 14.8 Å². The fourth-order valence-corrected chi connectivity index (χ4v) is 4.68. The van der Waals surface area contributed by atoms with Crippen molar-refractivity contribution in [1.29, 1.82) is 0 Å². The highest BCUT2D eigenvalue weighted by Gasteiger charge is 2.48. The molecule has 3 aromatic rings. The Morgan fingerprint density at radius 1 is 0.914 bits per heavy atom. The molecule has 0 bridgehead atoms. The molecule has 7 heteroatoms. The lowest BCUT2D eigenvalue weighted by Gasteiger charge is -2.40. The normalized spacial score (nSPS) is 14.2. The van der Waals surface area contributed by atoms with Gasteiger partial charge in [0.1, 0.15) is 5.54 Å². The number of halogens is 1. The van der Waals surface area contributed by atoms with Crippen LogP contribution in [0.15, 0.2) is 78.9 Å². The lowest BCUT2D eigenvalue weighted by atomic mass is 9.92. The van der Waals surface area contributed by atoms with Gasteiger partial charge in [-0.25, -0.2) is 0 Å². The lowest BCUT2D eigenvalue weighted by molar-refractivity contribution is -0.148. The Balaban J connectivity index is 1.62. The molecule has 0 unspecified atom stereocenters. The van der Waals surface area contributed by atoms with Gasteiger partial charge in [-0.1, -0.05) is 66.9 Å². The summed E-state index contributed by atoms with van der Waals surface area (Å²) < 4.78 is 11.2. The van der Waals surface area contributed by atoms with E-state index in [1.165, 1.54) is 0 Å². The second-order valence-corrected chi connectivity index (χ2v) is 9.04. The van der Waals surface area contributed by atoms with E-state index in [1.807, 2.05) is 54.6 Å². The molecular weight excluding hydrogens is 464 g/mol. The predicted octanol–water partition coefficient (Wildman–Crippen LogP) is 5.71. The quantitative estimate of drug-likeness (QED) is 0.415. The van der Waals surface area contributed by atoms with Gasteiger partial charge in [0.15, 0.2) is 18.1 Å². The molecule has 4 rings (SSSR count). The Hall–Kier alpha value is -3.51. The zero-order valence-corrected chi connectivity index (χ0v) is 20.5. The second-order valence-electron chi connectivity index (χ2n) is 8.60. The number of carbonyl (C=O) groups is 2. The van der Waals surface area contributed by atoms with Crippen LogP contribution >= 0.6 is 11.6 Å². The van der Waals surface area contributed by atoms with Crippen molar-refractivity contribution in [2.24, 2.45) is 0 Å². The van der Waals surface area contributed by atoms with Gasteiger partial charge in [0, 0.05) is 17.3 Å². The van der Waals surface area contributed by atoms with Crippen LogP contribution in [0.4, 0.5) is 5.69 Å². The van der Waals surface area contributed by atoms with E-state index in [4.69, 9.17) is 21.1 Å². The van der Waals surface area contributed by atoms with E-state index in [2.05, 4.69) is 5.32 Å². The van der Waals surface area contributed by atoms with Crippen LogP contribution in [-0.2, 0) is 16.1 Å². The Bertz CT molecular complexity index is 1150. The van der Waals surface area contributed by atoms with Crippen molar-refractivity contribution in [2.75, 3.05) is 19.0 Å². The van der Waals surface area contributed by atoms with Crippen LogP contribution in [0, 0.1) is 0 Å². The number of hydrogen-bond acceptors (Lipinski definition) is 4. The zero-order chi connectivity index (χ0) is 24.7. The summed E-state index contributed by atoms with van der Waals surface area (Å²) in [6.07, 6.45) is 2.89. The van der Waals surface area contributed by atoms with Gasteiger partial charge in [0.05, 0.1) is 7.11 Å². The smallest absolute Gasteiger partial charge is 0.261 e. The van der Waals surface area contributed by atoms with Crippen LogP contribution in [0.1, 0.15) is 31.2 Å². The number of ether oxygens (including phenoxy) is 2. The van der Waals surface area contributed by atoms with Crippen molar-refractivity contribution in [3.63, 3.8) is 0 Å². The number of carbonyl (C=O) groups excluding carboxylic acids is 2. The minimum atomic E-state index is -0.976. The van der Waals surface area contributed by atoms with Crippen molar-refractivity contribution < 1.29 is 19.1 Å². The van der Waals surface area contributed by atoms with Gasteiger partial charge in [0.25, 0.3) is 5.91 Å². The Kier molecular flexibility index (Phi) is 7.93. The average Bonchev–Trinajstić information content (AvgIpc) is 3.39. The molecule has 0 radical (unpaired) electrons. The third kappa shape index (κ3) is 5.77. The summed E-state index contributed by atoms with van der Waals surface area (Å²) in [5, 5.41) is 3.65. The first-order chi connectivity index (χ1) is 17.0. The zero-order valence-electron chi connectivity index (χ0n) is 19.7. The molecule has 6 nitrogen and oxygen atoms in total. The van der Waals surface area contributed by atoms with Crippen molar-refractivity contribution in [3.05, 3.63) is 89.4 Å². The minimum absolute atomic E-state index is 0.180. The summed E-state index contributed by atoms with van der Waals surface area (Å²) in [7, 11) is 1.55. The summed E-state index contributed by atoms with van der Waals surface area (Å²) >= 11 is 6.08. The van der Waals surface area contributed by atoms with E-state index in [0.29, 0.717) is 35.1 Å². The standard InChI is InChI=1S/C28H29ClN2O4/c1-34-24-11-5-6-12-25(24)35-20-26(32)31(19-21-13-15-22(29)16-14-21)28(17-7-8-18-28)27(33)30-23-9-3-2-4-10-23/h2-6,9-16H,7-8,17-20H2,1H3,(H,30,33). The molecule has 3 aromatic carbocycles. The predicted molar refractivity (Wildman–Crippen MR) is 137 cm³/mol. The highest BCUT2D eigenvalue weighted by molar-refractivity contribution is 6.30. The van der Waals surface area contributed by atoms with Crippen LogP contribution in [0.5, 0.6) is 11.5 Å². The molecule has 0 heterocycles.